The van der Waals surface area contributed by atoms with Crippen LogP contribution in [-0.2, 0) is 4.74 Å². The minimum Gasteiger partial charge on any atom is -0.492 e. The summed E-state index contributed by atoms with van der Waals surface area (Å²) in [7, 11) is 0. The van der Waals surface area contributed by atoms with Crippen LogP contribution in [-0.4, -0.2) is 11.6 Å². The topological polar surface area (TPSA) is 48.1 Å². The van der Waals surface area contributed by atoms with Crippen molar-refractivity contribution in [2.45, 2.75) is 6.92 Å². The first-order valence-electron chi connectivity index (χ1n) is 3.88. The lowest BCUT2D eigenvalue weighted by Crippen LogP contribution is -1.99. The highest BCUT2D eigenvalue weighted by Crippen LogP contribution is 2.21. The molecule has 0 radical (unpaired) electrons. The fourth-order valence-corrected chi connectivity index (χ4v) is 1.10. The van der Waals surface area contributed by atoms with E-state index in [1.165, 1.54) is 6.20 Å². The number of ether oxygens (including phenoxy) is 1. The standard InChI is InChI=1S/C9H11ClN2O/c1-3-13-6(2)9-8(11)4-7(10)5-12-9/h4-5H,2-3,11H2,1H3. The van der Waals surface area contributed by atoms with E-state index in [0.29, 0.717) is 28.8 Å². The fraction of sp³-hybridized carbons (Fsp3) is 0.222. The molecule has 0 unspecified atom stereocenters. The summed E-state index contributed by atoms with van der Waals surface area (Å²) in [6.07, 6.45) is 1.51. The summed E-state index contributed by atoms with van der Waals surface area (Å²) in [4.78, 5) is 4.01. The zero-order chi connectivity index (χ0) is 9.84. The third kappa shape index (κ3) is 2.36. The van der Waals surface area contributed by atoms with Crippen molar-refractivity contribution in [3.8, 4) is 0 Å². The van der Waals surface area contributed by atoms with Gasteiger partial charge in [0.15, 0.2) is 0 Å². The minimum absolute atomic E-state index is 0.469. The van der Waals surface area contributed by atoms with E-state index in [0.717, 1.165) is 0 Å². The maximum atomic E-state index is 5.69. The molecule has 1 heterocycles. The maximum absolute atomic E-state index is 5.69. The van der Waals surface area contributed by atoms with Gasteiger partial charge in [0.25, 0.3) is 0 Å². The SMILES string of the molecule is C=C(OCC)c1ncc(Cl)cc1N. The highest BCUT2D eigenvalue weighted by Gasteiger charge is 2.06. The van der Waals surface area contributed by atoms with Gasteiger partial charge in [-0.15, -0.1) is 0 Å². The minimum atomic E-state index is 0.469. The Balaban J connectivity index is 2.95. The molecule has 1 aromatic heterocycles. The molecule has 3 nitrogen and oxygen atoms in total. The van der Waals surface area contributed by atoms with Crippen molar-refractivity contribution < 1.29 is 4.74 Å². The number of hydrogen-bond acceptors (Lipinski definition) is 3. The van der Waals surface area contributed by atoms with Crippen LogP contribution in [0.15, 0.2) is 18.8 Å². The quantitative estimate of drug-likeness (QED) is 0.759. The molecule has 0 aliphatic carbocycles. The molecule has 1 aromatic rings. The third-order valence-electron chi connectivity index (χ3n) is 1.47. The molecule has 13 heavy (non-hydrogen) atoms. The molecular weight excluding hydrogens is 188 g/mol. The van der Waals surface area contributed by atoms with E-state index in [1.807, 2.05) is 6.92 Å². The average Bonchev–Trinajstić information content (AvgIpc) is 2.04. The molecule has 0 amide bonds. The normalized spacial score (nSPS) is 9.69. The number of aromatic nitrogens is 1. The first-order chi connectivity index (χ1) is 6.15. The number of pyridine rings is 1. The maximum Gasteiger partial charge on any atom is 0.139 e. The fourth-order valence-electron chi connectivity index (χ4n) is 0.931. The lowest BCUT2D eigenvalue weighted by atomic mass is 10.3. The van der Waals surface area contributed by atoms with Crippen LogP contribution >= 0.6 is 11.6 Å². The van der Waals surface area contributed by atoms with Crippen molar-refractivity contribution in [3.05, 3.63) is 29.6 Å². The summed E-state index contributed by atoms with van der Waals surface area (Å²) in [6, 6.07) is 1.62. The molecule has 1 rings (SSSR count). The van der Waals surface area contributed by atoms with E-state index >= 15 is 0 Å². The summed E-state index contributed by atoms with van der Waals surface area (Å²) in [5.74, 6) is 0.469. The number of nitrogens with zero attached hydrogens (tertiary/aromatic N) is 1. The van der Waals surface area contributed by atoms with Crippen LogP contribution in [0.5, 0.6) is 0 Å². The molecule has 0 atom stereocenters. The van der Waals surface area contributed by atoms with Crippen molar-refractivity contribution in [2.24, 2.45) is 0 Å². The second-order valence-electron chi connectivity index (χ2n) is 2.45. The van der Waals surface area contributed by atoms with Gasteiger partial charge in [-0.1, -0.05) is 18.2 Å². The summed E-state index contributed by atoms with van der Waals surface area (Å²) in [5.41, 5.74) is 6.69. The number of anilines is 1. The van der Waals surface area contributed by atoms with Crippen LogP contribution in [0.1, 0.15) is 12.6 Å². The van der Waals surface area contributed by atoms with Crippen molar-refractivity contribution in [1.82, 2.24) is 4.98 Å². The Bertz CT molecular complexity index is 325. The van der Waals surface area contributed by atoms with E-state index in [4.69, 9.17) is 22.1 Å². The van der Waals surface area contributed by atoms with E-state index in [1.54, 1.807) is 6.07 Å². The van der Waals surface area contributed by atoms with E-state index in [2.05, 4.69) is 11.6 Å². The Labute approximate surface area is 82.2 Å². The van der Waals surface area contributed by atoms with Gasteiger partial charge in [-0.2, -0.15) is 0 Å². The number of halogens is 1. The predicted octanol–water partition coefficient (Wildman–Crippen LogP) is 2.32. The highest BCUT2D eigenvalue weighted by atomic mass is 35.5. The van der Waals surface area contributed by atoms with Gasteiger partial charge in [0.1, 0.15) is 11.5 Å². The molecule has 0 bridgehead atoms. The van der Waals surface area contributed by atoms with Gasteiger partial charge in [0.2, 0.25) is 0 Å². The molecule has 0 saturated carbocycles. The summed E-state index contributed by atoms with van der Waals surface area (Å²) in [6.45, 7) is 6.11. The Morgan fingerprint density at radius 2 is 2.46 bits per heavy atom. The molecule has 70 valence electrons. The largest absolute Gasteiger partial charge is 0.492 e. The van der Waals surface area contributed by atoms with Crippen LogP contribution in [0, 0.1) is 0 Å². The number of nitrogens with two attached hydrogens (primary N) is 1. The predicted molar refractivity (Wildman–Crippen MR) is 54.3 cm³/mol. The van der Waals surface area contributed by atoms with Gasteiger partial charge in [0.05, 0.1) is 17.3 Å². The van der Waals surface area contributed by atoms with Crippen LogP contribution in [0.4, 0.5) is 5.69 Å². The molecular formula is C9H11ClN2O. The average molecular weight is 199 g/mol. The summed E-state index contributed by atoms with van der Waals surface area (Å²) in [5, 5.41) is 0.505. The second kappa shape index (κ2) is 4.14. The molecule has 0 fully saturated rings. The van der Waals surface area contributed by atoms with Gasteiger partial charge in [0, 0.05) is 6.20 Å². The zero-order valence-electron chi connectivity index (χ0n) is 7.38. The van der Waals surface area contributed by atoms with Gasteiger partial charge in [-0.25, -0.2) is 4.98 Å². The number of nitrogen functional groups attached to an aromatic ring is 1. The first kappa shape index (κ1) is 9.86. The first-order valence-corrected chi connectivity index (χ1v) is 4.26. The van der Waals surface area contributed by atoms with Crippen LogP contribution in [0.3, 0.4) is 0 Å². The van der Waals surface area contributed by atoms with Crippen LogP contribution < -0.4 is 5.73 Å². The van der Waals surface area contributed by atoms with Crippen molar-refractivity contribution in [2.75, 3.05) is 12.3 Å². The Morgan fingerprint density at radius 1 is 1.77 bits per heavy atom. The highest BCUT2D eigenvalue weighted by molar-refractivity contribution is 6.30. The van der Waals surface area contributed by atoms with E-state index in [-0.39, 0.29) is 0 Å². The van der Waals surface area contributed by atoms with Gasteiger partial charge in [-0.3, -0.25) is 0 Å². The lowest BCUT2D eigenvalue weighted by Gasteiger charge is -2.08. The van der Waals surface area contributed by atoms with E-state index < -0.39 is 0 Å². The second-order valence-corrected chi connectivity index (χ2v) is 2.88. The number of rotatable bonds is 3. The van der Waals surface area contributed by atoms with Crippen molar-refractivity contribution in [3.63, 3.8) is 0 Å². The molecule has 0 saturated heterocycles. The third-order valence-corrected chi connectivity index (χ3v) is 1.67. The molecule has 0 spiro atoms. The molecule has 4 heteroatoms. The van der Waals surface area contributed by atoms with Crippen LogP contribution in [0.2, 0.25) is 5.02 Å². The molecule has 2 N–H and O–H groups in total. The monoisotopic (exact) mass is 198 g/mol. The Kier molecular flexibility index (Phi) is 3.14. The van der Waals surface area contributed by atoms with Crippen LogP contribution in [0.25, 0.3) is 5.76 Å². The van der Waals surface area contributed by atoms with Gasteiger partial charge < -0.3 is 10.5 Å². The summed E-state index contributed by atoms with van der Waals surface area (Å²) < 4.78 is 5.17. The van der Waals surface area contributed by atoms with E-state index in [9.17, 15) is 0 Å². The lowest BCUT2D eigenvalue weighted by molar-refractivity contribution is 0.298. The Hall–Kier alpha value is -1.22. The van der Waals surface area contributed by atoms with Crippen molar-refractivity contribution in [1.29, 1.82) is 0 Å². The molecule has 0 aromatic carbocycles. The van der Waals surface area contributed by atoms with Crippen molar-refractivity contribution >= 4 is 23.0 Å². The van der Waals surface area contributed by atoms with Gasteiger partial charge >= 0.3 is 0 Å². The Morgan fingerprint density at radius 3 is 3.00 bits per heavy atom. The molecule has 0 aliphatic rings. The summed E-state index contributed by atoms with van der Waals surface area (Å²) >= 11 is 5.69. The number of hydrogen-bond donors (Lipinski definition) is 1. The zero-order valence-corrected chi connectivity index (χ0v) is 8.14. The smallest absolute Gasteiger partial charge is 0.139 e. The molecule has 0 aliphatic heterocycles. The van der Waals surface area contributed by atoms with Gasteiger partial charge in [-0.05, 0) is 13.0 Å².